The van der Waals surface area contributed by atoms with Gasteiger partial charge in [0.05, 0.1) is 0 Å². The standard InChI is InChI=1S/C63H108O6/c1-4-7-10-13-16-19-22-25-27-29-31-33-35-38-41-44-47-50-53-56-62(65)68-59-60(58-67-61(64)55-52-49-46-43-40-37-24-21-18-15-12-9-6-3)69-63(66)57-54-51-48-45-42-39-36-34-32-30-28-26-23-20-17-14-11-8-5-2/h7,10,16,19,25-28,31,33,38,41,47,50,60H,4-6,8-9,11-15,17-18,20-24,29-30,32,34-37,39-40,42-46,48-49,51-59H2,1-3H3/b10-7-,19-16-,27-25-,28-26-,33-31-,41-38-,50-47-/t60-/m0/s1. The highest BCUT2D eigenvalue weighted by molar-refractivity contribution is 5.71. The summed E-state index contributed by atoms with van der Waals surface area (Å²) in [6.07, 6.45) is 74.4. The molecule has 0 aliphatic heterocycles. The van der Waals surface area contributed by atoms with Crippen LogP contribution in [0.2, 0.25) is 0 Å². The zero-order chi connectivity index (χ0) is 50.0. The predicted octanol–water partition coefficient (Wildman–Crippen LogP) is 19.5. The lowest BCUT2D eigenvalue weighted by atomic mass is 10.0. The monoisotopic (exact) mass is 961 g/mol. The Balaban J connectivity index is 4.46. The molecule has 6 heteroatoms. The van der Waals surface area contributed by atoms with Crippen LogP contribution in [0.1, 0.15) is 278 Å². The van der Waals surface area contributed by atoms with Crippen LogP contribution in [-0.2, 0) is 28.6 Å². The zero-order valence-electron chi connectivity index (χ0n) is 45.3. The van der Waals surface area contributed by atoms with Gasteiger partial charge in [0.2, 0.25) is 0 Å². The minimum Gasteiger partial charge on any atom is -0.462 e. The second kappa shape index (κ2) is 57.2. The molecule has 0 radical (unpaired) electrons. The first kappa shape index (κ1) is 65.6. The minimum atomic E-state index is -0.807. The first-order valence-corrected chi connectivity index (χ1v) is 29.1. The Labute approximate surface area is 426 Å². The maximum Gasteiger partial charge on any atom is 0.306 e. The summed E-state index contributed by atoms with van der Waals surface area (Å²) in [7, 11) is 0. The van der Waals surface area contributed by atoms with E-state index in [1.165, 1.54) is 154 Å². The van der Waals surface area contributed by atoms with Crippen LogP contribution in [0.4, 0.5) is 0 Å². The Morgan fingerprint density at radius 1 is 0.304 bits per heavy atom. The highest BCUT2D eigenvalue weighted by atomic mass is 16.6. The molecule has 69 heavy (non-hydrogen) atoms. The highest BCUT2D eigenvalue weighted by Gasteiger charge is 2.19. The van der Waals surface area contributed by atoms with Crippen molar-refractivity contribution in [3.8, 4) is 0 Å². The fourth-order valence-corrected chi connectivity index (χ4v) is 8.05. The van der Waals surface area contributed by atoms with Crippen LogP contribution in [0, 0.1) is 0 Å². The van der Waals surface area contributed by atoms with Crippen molar-refractivity contribution in [2.45, 2.75) is 284 Å². The van der Waals surface area contributed by atoms with E-state index in [-0.39, 0.29) is 37.5 Å². The number of unbranched alkanes of at least 4 members (excludes halogenated alkanes) is 27. The van der Waals surface area contributed by atoms with Crippen molar-refractivity contribution in [1.29, 1.82) is 0 Å². The van der Waals surface area contributed by atoms with Gasteiger partial charge in [0, 0.05) is 19.3 Å². The molecule has 0 aromatic carbocycles. The Hall–Kier alpha value is -3.41. The van der Waals surface area contributed by atoms with E-state index in [1.807, 2.05) is 6.08 Å². The lowest BCUT2D eigenvalue weighted by Crippen LogP contribution is -2.30. The van der Waals surface area contributed by atoms with Crippen molar-refractivity contribution < 1.29 is 28.6 Å². The number of hydrogen-bond acceptors (Lipinski definition) is 6. The molecule has 1 atom stereocenters. The molecule has 0 aromatic heterocycles. The fourth-order valence-electron chi connectivity index (χ4n) is 8.05. The van der Waals surface area contributed by atoms with Gasteiger partial charge in [-0.15, -0.1) is 0 Å². The van der Waals surface area contributed by atoms with E-state index in [9.17, 15) is 14.4 Å². The van der Waals surface area contributed by atoms with Gasteiger partial charge < -0.3 is 14.2 Å². The second-order valence-corrected chi connectivity index (χ2v) is 19.2. The fraction of sp³-hybridized carbons (Fsp3) is 0.730. The summed E-state index contributed by atoms with van der Waals surface area (Å²) in [5.41, 5.74) is 0. The molecular weight excluding hydrogens is 853 g/mol. The second-order valence-electron chi connectivity index (χ2n) is 19.2. The van der Waals surface area contributed by atoms with Crippen LogP contribution in [-0.4, -0.2) is 37.2 Å². The third-order valence-electron chi connectivity index (χ3n) is 12.4. The number of allylic oxidation sites excluding steroid dienone is 14. The summed E-state index contributed by atoms with van der Waals surface area (Å²) in [5.74, 6) is -0.981. The predicted molar refractivity (Wildman–Crippen MR) is 297 cm³/mol. The average Bonchev–Trinajstić information content (AvgIpc) is 3.35. The van der Waals surface area contributed by atoms with E-state index in [1.54, 1.807) is 0 Å². The molecule has 0 unspecified atom stereocenters. The van der Waals surface area contributed by atoms with Crippen LogP contribution < -0.4 is 0 Å². The molecule has 0 aliphatic carbocycles. The Morgan fingerprint density at radius 2 is 0.594 bits per heavy atom. The van der Waals surface area contributed by atoms with Gasteiger partial charge in [0.25, 0.3) is 0 Å². The Kier molecular flexibility index (Phi) is 54.3. The maximum absolute atomic E-state index is 12.9. The van der Waals surface area contributed by atoms with Gasteiger partial charge in [-0.3, -0.25) is 14.4 Å². The van der Waals surface area contributed by atoms with E-state index in [2.05, 4.69) is 99.8 Å². The SMILES string of the molecule is CC/C=C\C/C=C\C/C=C\C/C=C\C/C=C\C/C=C\CCC(=O)OC[C@H](COC(=O)CCCCCCCCCCCCCCC)OC(=O)CCCCCCCCCCC/C=C\CCCCCCCC. The van der Waals surface area contributed by atoms with Crippen molar-refractivity contribution in [3.05, 3.63) is 85.1 Å². The third kappa shape index (κ3) is 55.4. The summed E-state index contributed by atoms with van der Waals surface area (Å²) in [6.45, 7) is 6.47. The van der Waals surface area contributed by atoms with E-state index >= 15 is 0 Å². The summed E-state index contributed by atoms with van der Waals surface area (Å²) in [6, 6.07) is 0. The summed E-state index contributed by atoms with van der Waals surface area (Å²) in [4.78, 5) is 38.1. The first-order valence-electron chi connectivity index (χ1n) is 29.1. The molecule has 0 saturated heterocycles. The van der Waals surface area contributed by atoms with Gasteiger partial charge in [0.15, 0.2) is 6.10 Å². The quantitative estimate of drug-likeness (QED) is 0.0262. The molecule has 0 aromatic rings. The van der Waals surface area contributed by atoms with Crippen LogP contribution >= 0.6 is 0 Å². The smallest absolute Gasteiger partial charge is 0.306 e. The molecule has 0 rings (SSSR count). The third-order valence-corrected chi connectivity index (χ3v) is 12.4. The largest absolute Gasteiger partial charge is 0.462 e. The molecule has 0 N–H and O–H groups in total. The normalized spacial score (nSPS) is 12.7. The molecule has 0 heterocycles. The van der Waals surface area contributed by atoms with Gasteiger partial charge in [-0.05, 0) is 83.5 Å². The lowest BCUT2D eigenvalue weighted by molar-refractivity contribution is -0.166. The van der Waals surface area contributed by atoms with Crippen molar-refractivity contribution in [3.63, 3.8) is 0 Å². The van der Waals surface area contributed by atoms with Crippen LogP contribution in [0.25, 0.3) is 0 Å². The highest BCUT2D eigenvalue weighted by Crippen LogP contribution is 2.15. The van der Waals surface area contributed by atoms with Crippen LogP contribution in [0.15, 0.2) is 85.1 Å². The number of esters is 3. The Bertz CT molecular complexity index is 1330. The van der Waals surface area contributed by atoms with Gasteiger partial charge in [-0.1, -0.05) is 260 Å². The molecule has 0 bridgehead atoms. The minimum absolute atomic E-state index is 0.0983. The first-order chi connectivity index (χ1) is 34.0. The van der Waals surface area contributed by atoms with E-state index in [4.69, 9.17) is 14.2 Å². The maximum atomic E-state index is 12.9. The molecule has 0 spiro atoms. The number of carbonyl (C=O) groups excluding carboxylic acids is 3. The topological polar surface area (TPSA) is 78.9 Å². The molecule has 396 valence electrons. The summed E-state index contributed by atoms with van der Waals surface area (Å²) >= 11 is 0. The van der Waals surface area contributed by atoms with E-state index in [0.717, 1.165) is 77.0 Å². The van der Waals surface area contributed by atoms with Crippen molar-refractivity contribution in [2.24, 2.45) is 0 Å². The molecule has 0 amide bonds. The van der Waals surface area contributed by atoms with Crippen molar-refractivity contribution in [2.75, 3.05) is 13.2 Å². The van der Waals surface area contributed by atoms with Crippen molar-refractivity contribution >= 4 is 17.9 Å². The number of rotatable bonds is 52. The number of carbonyl (C=O) groups is 3. The summed E-state index contributed by atoms with van der Waals surface area (Å²) in [5, 5.41) is 0. The van der Waals surface area contributed by atoms with Crippen LogP contribution in [0.3, 0.4) is 0 Å². The zero-order valence-corrected chi connectivity index (χ0v) is 45.3. The van der Waals surface area contributed by atoms with Crippen molar-refractivity contribution in [1.82, 2.24) is 0 Å². The lowest BCUT2D eigenvalue weighted by Gasteiger charge is -2.18. The Morgan fingerprint density at radius 3 is 0.971 bits per heavy atom. The van der Waals surface area contributed by atoms with E-state index < -0.39 is 6.10 Å². The molecule has 0 fully saturated rings. The van der Waals surface area contributed by atoms with Gasteiger partial charge >= 0.3 is 17.9 Å². The summed E-state index contributed by atoms with van der Waals surface area (Å²) < 4.78 is 16.8. The molecule has 0 saturated carbocycles. The molecule has 6 nitrogen and oxygen atoms in total. The van der Waals surface area contributed by atoms with Gasteiger partial charge in [0.1, 0.15) is 13.2 Å². The van der Waals surface area contributed by atoms with E-state index in [0.29, 0.717) is 19.3 Å². The molecule has 0 aliphatic rings. The average molecular weight is 962 g/mol. The number of ether oxygens (including phenoxy) is 3. The van der Waals surface area contributed by atoms with Gasteiger partial charge in [-0.25, -0.2) is 0 Å². The number of hydrogen-bond donors (Lipinski definition) is 0. The van der Waals surface area contributed by atoms with Gasteiger partial charge in [-0.2, -0.15) is 0 Å². The molecular formula is C63H108O6. The van der Waals surface area contributed by atoms with Crippen LogP contribution in [0.5, 0.6) is 0 Å².